The first-order valence-corrected chi connectivity index (χ1v) is 3.71. The van der Waals surface area contributed by atoms with Crippen LogP contribution in [-0.2, 0) is 0 Å². The fourth-order valence-electron chi connectivity index (χ4n) is 1.00. The fourth-order valence-corrected chi connectivity index (χ4v) is 1.00. The van der Waals surface area contributed by atoms with Crippen molar-refractivity contribution in [2.75, 3.05) is 5.73 Å². The van der Waals surface area contributed by atoms with Gasteiger partial charge in [0, 0.05) is 5.56 Å². The molecule has 0 aromatic carbocycles. The van der Waals surface area contributed by atoms with Crippen molar-refractivity contribution in [3.05, 3.63) is 24.5 Å². The summed E-state index contributed by atoms with van der Waals surface area (Å²) in [5.41, 5.74) is 6.41. The lowest BCUT2D eigenvalue weighted by molar-refractivity contribution is 0.829. The third-order valence-electron chi connectivity index (χ3n) is 1.73. The van der Waals surface area contributed by atoms with Gasteiger partial charge in [-0.05, 0) is 6.92 Å². The Morgan fingerprint density at radius 3 is 2.85 bits per heavy atom. The van der Waals surface area contributed by atoms with Crippen molar-refractivity contribution >= 4 is 5.82 Å². The molecule has 2 rings (SSSR count). The molecule has 0 atom stereocenters. The van der Waals surface area contributed by atoms with Gasteiger partial charge in [-0.2, -0.15) is 5.10 Å². The summed E-state index contributed by atoms with van der Waals surface area (Å²) in [5, 5.41) is 3.95. The highest BCUT2D eigenvalue weighted by atomic mass is 15.3. The molecule has 0 saturated carbocycles. The fraction of sp³-hybridized carbons (Fsp3) is 0.143. The van der Waals surface area contributed by atoms with Gasteiger partial charge >= 0.3 is 0 Å². The Balaban J connectivity index is 2.59. The van der Waals surface area contributed by atoms with E-state index in [0.717, 1.165) is 5.56 Å². The minimum atomic E-state index is 0.459. The molecule has 0 bridgehead atoms. The first-order chi connectivity index (χ1) is 6.29. The molecule has 6 nitrogen and oxygen atoms in total. The predicted molar refractivity (Wildman–Crippen MR) is 46.1 cm³/mol. The molecule has 0 saturated heterocycles. The SMILES string of the molecule is Cc1c(N)ncnc1-n1cncn1. The number of nitrogen functional groups attached to an aromatic ring is 1. The maximum absolute atomic E-state index is 5.61. The number of hydrogen-bond donors (Lipinski definition) is 1. The third kappa shape index (κ3) is 1.22. The van der Waals surface area contributed by atoms with Crippen LogP contribution in [0.4, 0.5) is 5.82 Å². The summed E-state index contributed by atoms with van der Waals surface area (Å²) < 4.78 is 1.55. The summed E-state index contributed by atoms with van der Waals surface area (Å²) in [4.78, 5) is 11.7. The van der Waals surface area contributed by atoms with Crippen molar-refractivity contribution in [3.63, 3.8) is 0 Å². The zero-order chi connectivity index (χ0) is 9.26. The Kier molecular flexibility index (Phi) is 1.66. The van der Waals surface area contributed by atoms with Crippen molar-refractivity contribution in [1.82, 2.24) is 24.7 Å². The van der Waals surface area contributed by atoms with Gasteiger partial charge in [0.05, 0.1) is 0 Å². The lowest BCUT2D eigenvalue weighted by atomic mass is 10.3. The molecule has 6 heteroatoms. The van der Waals surface area contributed by atoms with Crippen LogP contribution in [-0.4, -0.2) is 24.7 Å². The number of anilines is 1. The summed E-state index contributed by atoms with van der Waals surface area (Å²) in [5.74, 6) is 1.12. The van der Waals surface area contributed by atoms with Crippen LogP contribution >= 0.6 is 0 Å². The van der Waals surface area contributed by atoms with E-state index >= 15 is 0 Å². The number of nitrogens with zero attached hydrogens (tertiary/aromatic N) is 5. The standard InChI is InChI=1S/C7H8N6/c1-5-6(8)10-3-11-7(5)13-4-9-2-12-13/h2-4H,1H3,(H2,8,10,11). The molecule has 2 N–H and O–H groups in total. The van der Waals surface area contributed by atoms with E-state index in [4.69, 9.17) is 5.73 Å². The van der Waals surface area contributed by atoms with Crippen LogP contribution in [0.3, 0.4) is 0 Å². The van der Waals surface area contributed by atoms with Gasteiger partial charge in [-0.15, -0.1) is 0 Å². The number of aromatic nitrogens is 5. The summed E-state index contributed by atoms with van der Waals surface area (Å²) >= 11 is 0. The Labute approximate surface area is 74.5 Å². The third-order valence-corrected chi connectivity index (χ3v) is 1.73. The van der Waals surface area contributed by atoms with E-state index in [9.17, 15) is 0 Å². The van der Waals surface area contributed by atoms with Crippen LogP contribution in [0.1, 0.15) is 5.56 Å². The highest BCUT2D eigenvalue weighted by Gasteiger charge is 2.05. The molecule has 0 fully saturated rings. The maximum atomic E-state index is 5.61. The summed E-state index contributed by atoms with van der Waals surface area (Å²) in [7, 11) is 0. The van der Waals surface area contributed by atoms with E-state index in [1.807, 2.05) is 6.92 Å². The minimum Gasteiger partial charge on any atom is -0.383 e. The molecule has 13 heavy (non-hydrogen) atoms. The summed E-state index contributed by atoms with van der Waals surface area (Å²) in [6.07, 6.45) is 4.41. The highest BCUT2D eigenvalue weighted by molar-refractivity contribution is 5.46. The van der Waals surface area contributed by atoms with Gasteiger partial charge in [-0.1, -0.05) is 0 Å². The predicted octanol–water partition coefficient (Wildman–Crippen LogP) is -0.0521. The summed E-state index contributed by atoms with van der Waals surface area (Å²) in [6, 6.07) is 0. The van der Waals surface area contributed by atoms with Crippen LogP contribution in [0.2, 0.25) is 0 Å². The number of hydrogen-bond acceptors (Lipinski definition) is 5. The zero-order valence-corrected chi connectivity index (χ0v) is 7.05. The van der Waals surface area contributed by atoms with Crippen molar-refractivity contribution in [2.24, 2.45) is 0 Å². The molecule has 2 aromatic rings. The molecule has 0 aliphatic carbocycles. The van der Waals surface area contributed by atoms with Gasteiger partial charge in [-0.3, -0.25) is 0 Å². The molecule has 0 aliphatic heterocycles. The van der Waals surface area contributed by atoms with E-state index < -0.39 is 0 Å². The van der Waals surface area contributed by atoms with Crippen LogP contribution < -0.4 is 5.73 Å². The van der Waals surface area contributed by atoms with Crippen molar-refractivity contribution < 1.29 is 0 Å². The van der Waals surface area contributed by atoms with Crippen molar-refractivity contribution in [3.8, 4) is 5.82 Å². The van der Waals surface area contributed by atoms with Gasteiger partial charge in [0.15, 0.2) is 5.82 Å². The number of rotatable bonds is 1. The van der Waals surface area contributed by atoms with Gasteiger partial charge in [-0.25, -0.2) is 19.6 Å². The Morgan fingerprint density at radius 2 is 2.15 bits per heavy atom. The second-order valence-electron chi connectivity index (χ2n) is 2.55. The van der Waals surface area contributed by atoms with E-state index in [1.165, 1.54) is 12.7 Å². The van der Waals surface area contributed by atoms with Crippen molar-refractivity contribution in [2.45, 2.75) is 6.92 Å². The second kappa shape index (κ2) is 2.81. The normalized spacial score (nSPS) is 10.2. The highest BCUT2D eigenvalue weighted by Crippen LogP contribution is 2.12. The zero-order valence-electron chi connectivity index (χ0n) is 7.05. The first kappa shape index (κ1) is 7.66. The Hall–Kier alpha value is -1.98. The molecular formula is C7H8N6. The Bertz CT molecular complexity index is 407. The molecule has 2 aromatic heterocycles. The molecule has 2 heterocycles. The van der Waals surface area contributed by atoms with E-state index in [0.29, 0.717) is 11.6 Å². The molecule has 0 aliphatic rings. The molecule has 0 unspecified atom stereocenters. The molecular weight excluding hydrogens is 168 g/mol. The summed E-state index contributed by atoms with van der Waals surface area (Å²) in [6.45, 7) is 1.84. The van der Waals surface area contributed by atoms with Crippen LogP contribution in [0.15, 0.2) is 19.0 Å². The lowest BCUT2D eigenvalue weighted by Gasteiger charge is -2.04. The van der Waals surface area contributed by atoms with Gasteiger partial charge in [0.1, 0.15) is 24.8 Å². The second-order valence-corrected chi connectivity index (χ2v) is 2.55. The van der Waals surface area contributed by atoms with E-state index in [-0.39, 0.29) is 0 Å². The van der Waals surface area contributed by atoms with Gasteiger partial charge in [0.25, 0.3) is 0 Å². The monoisotopic (exact) mass is 176 g/mol. The largest absolute Gasteiger partial charge is 0.383 e. The van der Waals surface area contributed by atoms with Crippen LogP contribution in [0.25, 0.3) is 5.82 Å². The average molecular weight is 176 g/mol. The van der Waals surface area contributed by atoms with Gasteiger partial charge < -0.3 is 5.73 Å². The first-order valence-electron chi connectivity index (χ1n) is 3.71. The molecule has 0 amide bonds. The molecule has 0 radical (unpaired) electrons. The molecule has 0 spiro atoms. The van der Waals surface area contributed by atoms with Crippen LogP contribution in [0.5, 0.6) is 0 Å². The maximum Gasteiger partial charge on any atom is 0.163 e. The average Bonchev–Trinajstić information content (AvgIpc) is 2.62. The van der Waals surface area contributed by atoms with E-state index in [1.54, 1.807) is 11.0 Å². The van der Waals surface area contributed by atoms with E-state index in [2.05, 4.69) is 20.1 Å². The Morgan fingerprint density at radius 1 is 1.31 bits per heavy atom. The number of nitrogens with two attached hydrogens (primary N) is 1. The smallest absolute Gasteiger partial charge is 0.163 e. The topological polar surface area (TPSA) is 82.5 Å². The quantitative estimate of drug-likeness (QED) is 0.658. The van der Waals surface area contributed by atoms with Crippen LogP contribution in [0, 0.1) is 6.92 Å². The van der Waals surface area contributed by atoms with Crippen molar-refractivity contribution in [1.29, 1.82) is 0 Å². The minimum absolute atomic E-state index is 0.459. The van der Waals surface area contributed by atoms with Gasteiger partial charge in [0.2, 0.25) is 0 Å². The molecule has 66 valence electrons. The lowest BCUT2D eigenvalue weighted by Crippen LogP contribution is -2.05.